The summed E-state index contributed by atoms with van der Waals surface area (Å²) in [6.07, 6.45) is 0. The van der Waals surface area contributed by atoms with E-state index in [1.54, 1.807) is 6.07 Å². The van der Waals surface area contributed by atoms with Crippen molar-refractivity contribution in [3.63, 3.8) is 0 Å². The van der Waals surface area contributed by atoms with Gasteiger partial charge < -0.3 is 5.73 Å². The normalized spacial score (nSPS) is 14.1. The van der Waals surface area contributed by atoms with E-state index in [-0.39, 0.29) is 11.5 Å². The highest BCUT2D eigenvalue weighted by molar-refractivity contribution is 6.35. The molecule has 14 heavy (non-hydrogen) atoms. The van der Waals surface area contributed by atoms with Crippen molar-refractivity contribution in [2.75, 3.05) is 0 Å². The van der Waals surface area contributed by atoms with Crippen LogP contribution in [0.25, 0.3) is 0 Å². The summed E-state index contributed by atoms with van der Waals surface area (Å²) >= 11 is 11.9. The SMILES string of the molecule is CC(C)(C)C(N)c1ccc(Cl)cc1Cl. The average Bonchev–Trinajstić information content (AvgIpc) is 2.01. The molecule has 0 fully saturated rings. The van der Waals surface area contributed by atoms with Crippen molar-refractivity contribution in [2.45, 2.75) is 26.8 Å². The summed E-state index contributed by atoms with van der Waals surface area (Å²) < 4.78 is 0. The maximum absolute atomic E-state index is 6.10. The van der Waals surface area contributed by atoms with Gasteiger partial charge in [0.2, 0.25) is 0 Å². The highest BCUT2D eigenvalue weighted by Crippen LogP contribution is 2.35. The lowest BCUT2D eigenvalue weighted by atomic mass is 9.83. The lowest BCUT2D eigenvalue weighted by Gasteiger charge is -2.28. The number of hydrogen-bond acceptors (Lipinski definition) is 1. The molecule has 1 rings (SSSR count). The standard InChI is InChI=1S/C11H15Cl2N/c1-11(2,3)10(14)8-5-4-7(12)6-9(8)13/h4-6,10H,14H2,1-3H3. The van der Waals surface area contributed by atoms with Crippen molar-refractivity contribution in [2.24, 2.45) is 11.1 Å². The van der Waals surface area contributed by atoms with Crippen molar-refractivity contribution >= 4 is 23.2 Å². The van der Waals surface area contributed by atoms with Gasteiger partial charge in [-0.1, -0.05) is 50.0 Å². The van der Waals surface area contributed by atoms with Crippen LogP contribution in [0.5, 0.6) is 0 Å². The molecular weight excluding hydrogens is 217 g/mol. The van der Waals surface area contributed by atoms with E-state index in [0.29, 0.717) is 10.0 Å². The Hall–Kier alpha value is -0.240. The van der Waals surface area contributed by atoms with Crippen LogP contribution >= 0.6 is 23.2 Å². The minimum Gasteiger partial charge on any atom is -0.323 e. The molecule has 0 bridgehead atoms. The molecule has 0 saturated heterocycles. The number of rotatable bonds is 1. The van der Waals surface area contributed by atoms with Gasteiger partial charge in [-0.15, -0.1) is 0 Å². The summed E-state index contributed by atoms with van der Waals surface area (Å²) in [7, 11) is 0. The Kier molecular flexibility index (Phi) is 3.46. The van der Waals surface area contributed by atoms with Gasteiger partial charge >= 0.3 is 0 Å². The molecule has 78 valence electrons. The first-order valence-electron chi connectivity index (χ1n) is 4.53. The Bertz CT molecular complexity index is 329. The first-order chi connectivity index (χ1) is 6.32. The molecule has 1 aromatic rings. The van der Waals surface area contributed by atoms with Gasteiger partial charge in [-0.25, -0.2) is 0 Å². The molecule has 0 aliphatic carbocycles. The molecule has 0 aliphatic rings. The Balaban J connectivity index is 3.08. The van der Waals surface area contributed by atoms with Crippen molar-refractivity contribution in [3.05, 3.63) is 33.8 Å². The minimum absolute atomic E-state index is 0.00251. The molecule has 2 N–H and O–H groups in total. The Morgan fingerprint density at radius 2 is 1.79 bits per heavy atom. The number of benzene rings is 1. The Morgan fingerprint density at radius 3 is 2.21 bits per heavy atom. The maximum atomic E-state index is 6.10. The van der Waals surface area contributed by atoms with Crippen LogP contribution in [0, 0.1) is 5.41 Å². The molecule has 0 aliphatic heterocycles. The predicted octanol–water partition coefficient (Wildman–Crippen LogP) is 4.04. The van der Waals surface area contributed by atoms with Crippen LogP contribution in [-0.4, -0.2) is 0 Å². The maximum Gasteiger partial charge on any atom is 0.0468 e. The minimum atomic E-state index is -0.0766. The molecule has 0 amide bonds. The molecule has 1 nitrogen and oxygen atoms in total. The van der Waals surface area contributed by atoms with Crippen LogP contribution < -0.4 is 5.73 Å². The first-order valence-corrected chi connectivity index (χ1v) is 5.28. The predicted molar refractivity (Wildman–Crippen MR) is 62.8 cm³/mol. The fourth-order valence-electron chi connectivity index (χ4n) is 1.22. The quantitative estimate of drug-likeness (QED) is 0.776. The van der Waals surface area contributed by atoms with Gasteiger partial charge in [0.15, 0.2) is 0 Å². The van der Waals surface area contributed by atoms with Crippen LogP contribution in [0.4, 0.5) is 0 Å². The lowest BCUT2D eigenvalue weighted by molar-refractivity contribution is 0.327. The summed E-state index contributed by atoms with van der Waals surface area (Å²) in [4.78, 5) is 0. The van der Waals surface area contributed by atoms with Gasteiger partial charge in [0.1, 0.15) is 0 Å². The largest absolute Gasteiger partial charge is 0.323 e. The second-order valence-corrected chi connectivity index (χ2v) is 5.35. The van der Waals surface area contributed by atoms with Crippen LogP contribution in [0.15, 0.2) is 18.2 Å². The molecule has 1 aromatic carbocycles. The number of nitrogens with two attached hydrogens (primary N) is 1. The van der Waals surface area contributed by atoms with E-state index in [9.17, 15) is 0 Å². The molecule has 1 atom stereocenters. The van der Waals surface area contributed by atoms with E-state index in [1.165, 1.54) is 0 Å². The van der Waals surface area contributed by atoms with Gasteiger partial charge in [0.25, 0.3) is 0 Å². The van der Waals surface area contributed by atoms with Gasteiger partial charge in [-0.2, -0.15) is 0 Å². The van der Waals surface area contributed by atoms with E-state index < -0.39 is 0 Å². The molecule has 0 saturated carbocycles. The molecule has 0 aromatic heterocycles. The summed E-state index contributed by atoms with van der Waals surface area (Å²) in [5.74, 6) is 0. The molecule has 1 unspecified atom stereocenters. The molecular formula is C11H15Cl2N. The van der Waals surface area contributed by atoms with Crippen molar-refractivity contribution < 1.29 is 0 Å². The molecule has 3 heteroatoms. The average molecular weight is 232 g/mol. The van der Waals surface area contributed by atoms with E-state index in [0.717, 1.165) is 5.56 Å². The van der Waals surface area contributed by atoms with Crippen molar-refractivity contribution in [3.8, 4) is 0 Å². The van der Waals surface area contributed by atoms with Gasteiger partial charge in [0.05, 0.1) is 0 Å². The van der Waals surface area contributed by atoms with Crippen LogP contribution in [0.1, 0.15) is 32.4 Å². The highest BCUT2D eigenvalue weighted by Gasteiger charge is 2.23. The van der Waals surface area contributed by atoms with E-state index in [2.05, 4.69) is 20.8 Å². The van der Waals surface area contributed by atoms with Gasteiger partial charge in [-0.3, -0.25) is 0 Å². The zero-order chi connectivity index (χ0) is 10.9. The fourth-order valence-corrected chi connectivity index (χ4v) is 1.75. The lowest BCUT2D eigenvalue weighted by Crippen LogP contribution is -2.26. The third kappa shape index (κ3) is 2.63. The van der Waals surface area contributed by atoms with Gasteiger partial charge in [-0.05, 0) is 23.1 Å². The Labute approximate surface area is 95.2 Å². The second kappa shape index (κ2) is 4.09. The summed E-state index contributed by atoms with van der Waals surface area (Å²) in [5.41, 5.74) is 7.04. The highest BCUT2D eigenvalue weighted by atomic mass is 35.5. The van der Waals surface area contributed by atoms with Crippen molar-refractivity contribution in [1.82, 2.24) is 0 Å². The van der Waals surface area contributed by atoms with E-state index in [4.69, 9.17) is 28.9 Å². The van der Waals surface area contributed by atoms with Crippen molar-refractivity contribution in [1.29, 1.82) is 0 Å². The topological polar surface area (TPSA) is 26.0 Å². The van der Waals surface area contributed by atoms with Crippen LogP contribution in [0.3, 0.4) is 0 Å². The zero-order valence-electron chi connectivity index (χ0n) is 8.64. The van der Waals surface area contributed by atoms with E-state index in [1.807, 2.05) is 12.1 Å². The zero-order valence-corrected chi connectivity index (χ0v) is 10.2. The summed E-state index contributed by atoms with van der Waals surface area (Å²) in [6, 6.07) is 5.35. The summed E-state index contributed by atoms with van der Waals surface area (Å²) in [5, 5.41) is 1.28. The molecule has 0 radical (unpaired) electrons. The third-order valence-electron chi connectivity index (χ3n) is 2.23. The third-order valence-corrected chi connectivity index (χ3v) is 2.79. The molecule has 0 spiro atoms. The fraction of sp³-hybridized carbons (Fsp3) is 0.455. The monoisotopic (exact) mass is 231 g/mol. The second-order valence-electron chi connectivity index (χ2n) is 4.51. The van der Waals surface area contributed by atoms with Gasteiger partial charge in [0, 0.05) is 16.1 Å². The number of halogens is 2. The number of hydrogen-bond donors (Lipinski definition) is 1. The van der Waals surface area contributed by atoms with Crippen LogP contribution in [-0.2, 0) is 0 Å². The smallest absolute Gasteiger partial charge is 0.0468 e. The first kappa shape index (κ1) is 11.8. The van der Waals surface area contributed by atoms with Crippen LogP contribution in [0.2, 0.25) is 10.0 Å². The van der Waals surface area contributed by atoms with E-state index >= 15 is 0 Å². The Morgan fingerprint density at radius 1 is 1.21 bits per heavy atom. The summed E-state index contributed by atoms with van der Waals surface area (Å²) in [6.45, 7) is 6.26. The molecule has 0 heterocycles.